The monoisotopic (exact) mass is 249 g/mol. The van der Waals surface area contributed by atoms with Crippen LogP contribution >= 0.6 is 0 Å². The second-order valence-electron chi connectivity index (χ2n) is 5.53. The van der Waals surface area contributed by atoms with Crippen LogP contribution < -0.4 is 11.0 Å². The molecule has 0 saturated heterocycles. The van der Waals surface area contributed by atoms with Crippen LogP contribution in [0.1, 0.15) is 26.5 Å². The van der Waals surface area contributed by atoms with Crippen LogP contribution in [0.3, 0.4) is 0 Å². The van der Waals surface area contributed by atoms with E-state index in [0.717, 1.165) is 12.1 Å². The average molecular weight is 249 g/mol. The largest absolute Gasteiger partial charge is 0.364 e. The highest BCUT2D eigenvalue weighted by Gasteiger charge is 2.23. The van der Waals surface area contributed by atoms with E-state index in [1.807, 2.05) is 13.1 Å². The van der Waals surface area contributed by atoms with Crippen LogP contribution in [0.15, 0.2) is 16.9 Å². The van der Waals surface area contributed by atoms with E-state index in [1.54, 1.807) is 6.07 Å². The molecule has 2 aromatic rings. The van der Waals surface area contributed by atoms with Crippen molar-refractivity contribution in [3.63, 3.8) is 0 Å². The van der Waals surface area contributed by atoms with Crippen molar-refractivity contribution in [3.8, 4) is 0 Å². The van der Waals surface area contributed by atoms with Gasteiger partial charge in [-0.2, -0.15) is 14.7 Å². The number of H-pyrrole nitrogens is 1. The van der Waals surface area contributed by atoms with E-state index < -0.39 is 0 Å². The van der Waals surface area contributed by atoms with E-state index in [4.69, 9.17) is 0 Å². The number of fused-ring (bicyclic) bond motifs is 1. The van der Waals surface area contributed by atoms with E-state index >= 15 is 0 Å². The van der Waals surface area contributed by atoms with E-state index in [9.17, 15) is 4.79 Å². The normalized spacial score (nSPS) is 14.0. The molecule has 0 bridgehead atoms. The van der Waals surface area contributed by atoms with Gasteiger partial charge in [-0.15, -0.1) is 0 Å². The van der Waals surface area contributed by atoms with Crippen LogP contribution in [0, 0.1) is 5.41 Å². The molecule has 0 aliphatic carbocycles. The fourth-order valence-corrected chi connectivity index (χ4v) is 2.00. The van der Waals surface area contributed by atoms with Gasteiger partial charge in [0.05, 0.1) is 5.69 Å². The highest BCUT2D eigenvalue weighted by molar-refractivity contribution is 5.34. The van der Waals surface area contributed by atoms with Crippen molar-refractivity contribution in [1.29, 1.82) is 0 Å². The molecule has 6 nitrogen and oxygen atoms in total. The molecule has 0 radical (unpaired) electrons. The molecular formula is C12H19N5O. The molecule has 2 aromatic heterocycles. The zero-order valence-electron chi connectivity index (χ0n) is 11.2. The Morgan fingerprint density at radius 2 is 2.17 bits per heavy atom. The quantitative estimate of drug-likeness (QED) is 0.835. The Bertz CT molecular complexity index is 592. The Morgan fingerprint density at radius 3 is 2.78 bits per heavy atom. The first kappa shape index (κ1) is 12.8. The molecule has 2 heterocycles. The van der Waals surface area contributed by atoms with Crippen LogP contribution in [0.4, 0.5) is 0 Å². The second-order valence-corrected chi connectivity index (χ2v) is 5.53. The SMILES string of the molecule is CNC(Cc1ccc2n[nH]c(=O)n2n1)C(C)(C)C. The third kappa shape index (κ3) is 2.43. The Labute approximate surface area is 105 Å². The molecule has 0 fully saturated rings. The van der Waals surface area contributed by atoms with E-state index in [0.29, 0.717) is 11.7 Å². The lowest BCUT2D eigenvalue weighted by molar-refractivity contribution is 0.277. The van der Waals surface area contributed by atoms with Gasteiger partial charge < -0.3 is 5.32 Å². The van der Waals surface area contributed by atoms with Gasteiger partial charge in [-0.1, -0.05) is 20.8 Å². The summed E-state index contributed by atoms with van der Waals surface area (Å²) in [6, 6.07) is 4.01. The lowest BCUT2D eigenvalue weighted by Gasteiger charge is -2.30. The summed E-state index contributed by atoms with van der Waals surface area (Å²) in [7, 11) is 1.94. The number of hydrogen-bond acceptors (Lipinski definition) is 4. The predicted octanol–water partition coefficient (Wildman–Crippen LogP) is 0.594. The lowest BCUT2D eigenvalue weighted by Crippen LogP contribution is -2.40. The molecule has 0 saturated carbocycles. The number of hydrogen-bond donors (Lipinski definition) is 2. The molecule has 1 atom stereocenters. The van der Waals surface area contributed by atoms with Gasteiger partial charge in [0, 0.05) is 12.5 Å². The van der Waals surface area contributed by atoms with Crippen molar-refractivity contribution in [1.82, 2.24) is 25.1 Å². The van der Waals surface area contributed by atoms with Crippen molar-refractivity contribution < 1.29 is 0 Å². The molecule has 0 aliphatic heterocycles. The predicted molar refractivity (Wildman–Crippen MR) is 69.6 cm³/mol. The van der Waals surface area contributed by atoms with Crippen LogP contribution in [-0.2, 0) is 6.42 Å². The van der Waals surface area contributed by atoms with Crippen LogP contribution in [0.2, 0.25) is 0 Å². The zero-order valence-corrected chi connectivity index (χ0v) is 11.2. The maximum atomic E-state index is 11.4. The first-order valence-corrected chi connectivity index (χ1v) is 6.02. The smallest absolute Gasteiger partial charge is 0.316 e. The van der Waals surface area contributed by atoms with Gasteiger partial charge in [0.1, 0.15) is 0 Å². The number of aromatic amines is 1. The molecular weight excluding hydrogens is 230 g/mol. The van der Waals surface area contributed by atoms with E-state index in [-0.39, 0.29) is 11.1 Å². The molecule has 0 spiro atoms. The molecule has 6 heteroatoms. The van der Waals surface area contributed by atoms with Crippen molar-refractivity contribution in [2.75, 3.05) is 7.05 Å². The molecule has 0 aliphatic rings. The van der Waals surface area contributed by atoms with Gasteiger partial charge in [-0.05, 0) is 24.6 Å². The molecule has 0 amide bonds. The topological polar surface area (TPSA) is 75.1 Å². The Hall–Kier alpha value is -1.69. The number of rotatable bonds is 3. The Morgan fingerprint density at radius 1 is 1.44 bits per heavy atom. The highest BCUT2D eigenvalue weighted by atomic mass is 16.2. The summed E-state index contributed by atoms with van der Waals surface area (Å²) >= 11 is 0. The summed E-state index contributed by atoms with van der Waals surface area (Å²) in [6.07, 6.45) is 0.771. The molecule has 2 rings (SSSR count). The average Bonchev–Trinajstić information content (AvgIpc) is 2.66. The highest BCUT2D eigenvalue weighted by Crippen LogP contribution is 2.21. The van der Waals surface area contributed by atoms with Crippen LogP contribution in [0.25, 0.3) is 5.65 Å². The summed E-state index contributed by atoms with van der Waals surface area (Å²) in [5, 5.41) is 13.8. The molecule has 2 N–H and O–H groups in total. The number of nitrogens with zero attached hydrogens (tertiary/aromatic N) is 3. The molecule has 1 unspecified atom stereocenters. The molecule has 18 heavy (non-hydrogen) atoms. The van der Waals surface area contributed by atoms with Crippen molar-refractivity contribution >= 4 is 5.65 Å². The van der Waals surface area contributed by atoms with E-state index in [2.05, 4.69) is 41.4 Å². The first-order valence-electron chi connectivity index (χ1n) is 6.02. The zero-order chi connectivity index (χ0) is 13.3. The third-order valence-corrected chi connectivity index (χ3v) is 3.14. The van der Waals surface area contributed by atoms with Gasteiger partial charge in [-0.25, -0.2) is 9.89 Å². The minimum atomic E-state index is -0.302. The minimum absolute atomic E-state index is 0.132. The summed E-state index contributed by atoms with van der Waals surface area (Å²) in [5.74, 6) is 0. The van der Waals surface area contributed by atoms with Crippen LogP contribution in [0.5, 0.6) is 0 Å². The lowest BCUT2D eigenvalue weighted by atomic mass is 9.84. The van der Waals surface area contributed by atoms with Gasteiger partial charge in [-0.3, -0.25) is 0 Å². The Balaban J connectivity index is 2.31. The third-order valence-electron chi connectivity index (χ3n) is 3.14. The van der Waals surface area contributed by atoms with Gasteiger partial charge in [0.25, 0.3) is 0 Å². The second kappa shape index (κ2) is 4.53. The summed E-state index contributed by atoms with van der Waals surface area (Å²) in [6.45, 7) is 6.53. The van der Waals surface area contributed by atoms with Gasteiger partial charge >= 0.3 is 5.69 Å². The standard InChI is InChI=1S/C12H19N5O/c1-12(2,3)9(13-4)7-8-5-6-10-14-15-11(18)17(10)16-8/h5-6,9,13H,7H2,1-4H3,(H,15,18). The maximum Gasteiger partial charge on any atom is 0.364 e. The summed E-state index contributed by atoms with van der Waals surface area (Å²) in [5.41, 5.74) is 1.25. The first-order chi connectivity index (χ1) is 8.41. The fourth-order valence-electron chi connectivity index (χ4n) is 2.00. The molecule has 0 aromatic carbocycles. The van der Waals surface area contributed by atoms with Crippen molar-refractivity contribution in [2.24, 2.45) is 5.41 Å². The van der Waals surface area contributed by atoms with Gasteiger partial charge in [0.15, 0.2) is 5.65 Å². The van der Waals surface area contributed by atoms with Crippen LogP contribution in [-0.4, -0.2) is 32.9 Å². The number of aromatic nitrogens is 4. The van der Waals surface area contributed by atoms with Crippen molar-refractivity contribution in [2.45, 2.75) is 33.2 Å². The minimum Gasteiger partial charge on any atom is -0.316 e. The summed E-state index contributed by atoms with van der Waals surface area (Å²) in [4.78, 5) is 11.4. The van der Waals surface area contributed by atoms with Crippen molar-refractivity contribution in [3.05, 3.63) is 28.3 Å². The fraction of sp³-hybridized carbons (Fsp3) is 0.583. The summed E-state index contributed by atoms with van der Waals surface area (Å²) < 4.78 is 1.30. The maximum absolute atomic E-state index is 11.4. The number of nitrogens with one attached hydrogen (secondary N) is 2. The van der Waals surface area contributed by atoms with E-state index in [1.165, 1.54) is 4.52 Å². The Kier molecular flexibility index (Phi) is 3.21. The number of likely N-dealkylation sites (N-methyl/N-ethyl adjacent to an activating group) is 1. The molecule has 98 valence electrons. The van der Waals surface area contributed by atoms with Gasteiger partial charge in [0.2, 0.25) is 0 Å².